The molecule has 2 amide bonds. The van der Waals surface area contributed by atoms with Gasteiger partial charge in [0.05, 0.1) is 0 Å². The first-order chi connectivity index (χ1) is 13.0. The normalized spacial score (nSPS) is 15.5. The van der Waals surface area contributed by atoms with Crippen molar-refractivity contribution in [2.45, 2.75) is 31.6 Å². The average Bonchev–Trinajstić information content (AvgIpc) is 2.67. The molecular formula is C21H22N2O4. The number of fused-ring (bicyclic) bond motifs is 1. The average molecular weight is 366 g/mol. The fraction of sp³-hybridized carbons (Fsp3) is 0.286. The Balaban J connectivity index is 1.57. The van der Waals surface area contributed by atoms with Crippen LogP contribution in [0, 0.1) is 0 Å². The minimum atomic E-state index is -1.10. The van der Waals surface area contributed by atoms with Crippen LogP contribution in [0.1, 0.15) is 46.7 Å². The SMILES string of the molecule is O=C(O)CNC(=O)c1ccc(NC(=O)CC2CCCc3ccccc32)cc1. The molecule has 1 aliphatic rings. The van der Waals surface area contributed by atoms with Crippen LogP contribution in [0.15, 0.2) is 48.5 Å². The molecule has 0 aromatic heterocycles. The molecule has 3 N–H and O–H groups in total. The highest BCUT2D eigenvalue weighted by atomic mass is 16.4. The van der Waals surface area contributed by atoms with Crippen LogP contribution in [0.5, 0.6) is 0 Å². The van der Waals surface area contributed by atoms with Gasteiger partial charge in [-0.2, -0.15) is 0 Å². The molecule has 0 spiro atoms. The van der Waals surface area contributed by atoms with E-state index in [-0.39, 0.29) is 11.8 Å². The first-order valence-electron chi connectivity index (χ1n) is 9.00. The van der Waals surface area contributed by atoms with Gasteiger partial charge >= 0.3 is 5.97 Å². The Labute approximate surface area is 157 Å². The van der Waals surface area contributed by atoms with E-state index in [1.807, 2.05) is 12.1 Å². The van der Waals surface area contributed by atoms with Crippen LogP contribution < -0.4 is 10.6 Å². The maximum absolute atomic E-state index is 12.4. The van der Waals surface area contributed by atoms with Crippen LogP contribution >= 0.6 is 0 Å². The van der Waals surface area contributed by atoms with Gasteiger partial charge < -0.3 is 15.7 Å². The second-order valence-corrected chi connectivity index (χ2v) is 6.69. The summed E-state index contributed by atoms with van der Waals surface area (Å²) in [4.78, 5) is 34.7. The van der Waals surface area contributed by atoms with Crippen molar-refractivity contribution in [2.75, 3.05) is 11.9 Å². The first-order valence-corrected chi connectivity index (χ1v) is 9.00. The van der Waals surface area contributed by atoms with Crippen molar-refractivity contribution >= 4 is 23.5 Å². The maximum Gasteiger partial charge on any atom is 0.322 e. The Hall–Kier alpha value is -3.15. The molecule has 0 fully saturated rings. The summed E-state index contributed by atoms with van der Waals surface area (Å²) in [5.41, 5.74) is 3.55. The number of hydrogen-bond donors (Lipinski definition) is 3. The number of benzene rings is 2. The standard InChI is InChI=1S/C21H22N2O4/c24-19(12-16-6-3-5-14-4-1-2-7-18(14)16)23-17-10-8-15(9-11-17)21(27)22-13-20(25)26/h1-2,4,7-11,16H,3,5-6,12-13H2,(H,22,27)(H,23,24)(H,25,26). The zero-order valence-electron chi connectivity index (χ0n) is 14.9. The van der Waals surface area contributed by atoms with Gasteiger partial charge in [-0.05, 0) is 60.6 Å². The minimum Gasteiger partial charge on any atom is -0.480 e. The predicted molar refractivity (Wildman–Crippen MR) is 102 cm³/mol. The minimum absolute atomic E-state index is 0.0558. The number of nitrogens with one attached hydrogen (secondary N) is 2. The second kappa shape index (κ2) is 8.49. The van der Waals surface area contributed by atoms with Crippen molar-refractivity contribution in [3.05, 3.63) is 65.2 Å². The highest BCUT2D eigenvalue weighted by Crippen LogP contribution is 2.33. The number of carbonyl (C=O) groups is 3. The lowest BCUT2D eigenvalue weighted by Crippen LogP contribution is -2.29. The molecule has 6 nitrogen and oxygen atoms in total. The topological polar surface area (TPSA) is 95.5 Å². The highest BCUT2D eigenvalue weighted by Gasteiger charge is 2.22. The van der Waals surface area contributed by atoms with Crippen LogP contribution in [0.2, 0.25) is 0 Å². The van der Waals surface area contributed by atoms with E-state index in [1.165, 1.54) is 11.1 Å². The lowest BCUT2D eigenvalue weighted by Gasteiger charge is -2.25. The zero-order valence-corrected chi connectivity index (χ0v) is 14.9. The lowest BCUT2D eigenvalue weighted by molar-refractivity contribution is -0.135. The van der Waals surface area contributed by atoms with Crippen molar-refractivity contribution < 1.29 is 19.5 Å². The van der Waals surface area contributed by atoms with E-state index in [0.717, 1.165) is 19.3 Å². The summed E-state index contributed by atoms with van der Waals surface area (Å²) in [6.07, 6.45) is 3.60. The molecule has 6 heteroatoms. The molecule has 0 saturated heterocycles. The fourth-order valence-corrected chi connectivity index (χ4v) is 3.47. The van der Waals surface area contributed by atoms with E-state index in [2.05, 4.69) is 22.8 Å². The zero-order chi connectivity index (χ0) is 19.2. The van der Waals surface area contributed by atoms with Crippen molar-refractivity contribution in [2.24, 2.45) is 0 Å². The molecule has 1 unspecified atom stereocenters. The monoisotopic (exact) mass is 366 g/mol. The van der Waals surface area contributed by atoms with Crippen molar-refractivity contribution in [1.29, 1.82) is 0 Å². The van der Waals surface area contributed by atoms with Gasteiger partial charge in [0.1, 0.15) is 6.54 Å². The molecule has 0 aliphatic heterocycles. The number of rotatable bonds is 6. The molecule has 2 aromatic carbocycles. The summed E-state index contributed by atoms with van der Waals surface area (Å²) in [6.45, 7) is -0.430. The Kier molecular flexibility index (Phi) is 5.86. The number of carboxylic acid groups (broad SMARTS) is 1. The molecule has 3 rings (SSSR count). The van der Waals surface area contributed by atoms with Gasteiger partial charge in [-0.15, -0.1) is 0 Å². The van der Waals surface area contributed by atoms with Gasteiger partial charge in [-0.3, -0.25) is 14.4 Å². The number of carboxylic acids is 1. The third kappa shape index (κ3) is 4.94. The smallest absolute Gasteiger partial charge is 0.322 e. The number of carbonyl (C=O) groups excluding carboxylic acids is 2. The third-order valence-electron chi connectivity index (χ3n) is 4.76. The van der Waals surface area contributed by atoms with E-state index in [4.69, 9.17) is 5.11 Å². The number of aliphatic carboxylic acids is 1. The number of aryl methyl sites for hydroxylation is 1. The molecule has 140 valence electrons. The first kappa shape index (κ1) is 18.6. The molecular weight excluding hydrogens is 344 g/mol. The lowest BCUT2D eigenvalue weighted by atomic mass is 9.81. The molecule has 0 saturated carbocycles. The van der Waals surface area contributed by atoms with Crippen molar-refractivity contribution in [3.8, 4) is 0 Å². The van der Waals surface area contributed by atoms with Gasteiger partial charge in [-0.1, -0.05) is 24.3 Å². The molecule has 0 radical (unpaired) electrons. The summed E-state index contributed by atoms with van der Waals surface area (Å²) < 4.78 is 0. The molecule has 0 heterocycles. The van der Waals surface area contributed by atoms with E-state index < -0.39 is 18.4 Å². The van der Waals surface area contributed by atoms with Crippen LogP contribution in [-0.2, 0) is 16.0 Å². The fourth-order valence-electron chi connectivity index (χ4n) is 3.47. The molecule has 27 heavy (non-hydrogen) atoms. The van der Waals surface area contributed by atoms with Crippen LogP contribution in [-0.4, -0.2) is 29.4 Å². The Morgan fingerprint density at radius 1 is 1.04 bits per heavy atom. The number of amides is 2. The summed E-state index contributed by atoms with van der Waals surface area (Å²) >= 11 is 0. The maximum atomic E-state index is 12.4. The third-order valence-corrected chi connectivity index (χ3v) is 4.76. The van der Waals surface area contributed by atoms with Crippen molar-refractivity contribution in [1.82, 2.24) is 5.32 Å². The van der Waals surface area contributed by atoms with Gasteiger partial charge in [0.15, 0.2) is 0 Å². The summed E-state index contributed by atoms with van der Waals surface area (Å²) in [7, 11) is 0. The van der Waals surface area contributed by atoms with Crippen LogP contribution in [0.25, 0.3) is 0 Å². The van der Waals surface area contributed by atoms with Gasteiger partial charge in [0.25, 0.3) is 5.91 Å². The van der Waals surface area contributed by atoms with E-state index in [1.54, 1.807) is 24.3 Å². The molecule has 0 bridgehead atoms. The van der Waals surface area contributed by atoms with Gasteiger partial charge in [0.2, 0.25) is 5.91 Å². The molecule has 1 atom stereocenters. The summed E-state index contributed by atoms with van der Waals surface area (Å²) in [5.74, 6) is -1.39. The van der Waals surface area contributed by atoms with Crippen LogP contribution in [0.3, 0.4) is 0 Å². The largest absolute Gasteiger partial charge is 0.480 e. The Bertz CT molecular complexity index is 846. The summed E-state index contributed by atoms with van der Waals surface area (Å²) in [6, 6.07) is 14.7. The second-order valence-electron chi connectivity index (χ2n) is 6.69. The van der Waals surface area contributed by atoms with Crippen LogP contribution in [0.4, 0.5) is 5.69 Å². The summed E-state index contributed by atoms with van der Waals surface area (Å²) in [5, 5.41) is 13.8. The Morgan fingerprint density at radius 2 is 1.78 bits per heavy atom. The molecule has 2 aromatic rings. The predicted octanol–water partition coefficient (Wildman–Crippen LogP) is 2.95. The Morgan fingerprint density at radius 3 is 2.52 bits per heavy atom. The van der Waals surface area contributed by atoms with E-state index in [0.29, 0.717) is 17.7 Å². The van der Waals surface area contributed by atoms with Gasteiger partial charge in [0, 0.05) is 17.7 Å². The van der Waals surface area contributed by atoms with E-state index >= 15 is 0 Å². The van der Waals surface area contributed by atoms with Gasteiger partial charge in [-0.25, -0.2) is 0 Å². The number of anilines is 1. The molecule has 1 aliphatic carbocycles. The van der Waals surface area contributed by atoms with E-state index in [9.17, 15) is 14.4 Å². The van der Waals surface area contributed by atoms with Crippen molar-refractivity contribution in [3.63, 3.8) is 0 Å². The highest BCUT2D eigenvalue weighted by molar-refractivity contribution is 5.97. The number of hydrogen-bond acceptors (Lipinski definition) is 3. The quantitative estimate of drug-likeness (QED) is 0.732.